The zero-order chi connectivity index (χ0) is 13.2. The first-order valence-corrected chi connectivity index (χ1v) is 5.97. The Morgan fingerprint density at radius 1 is 1.00 bits per heavy atom. The van der Waals surface area contributed by atoms with E-state index < -0.39 is 0 Å². The molecule has 0 saturated carbocycles. The molecule has 19 heavy (non-hydrogen) atoms. The molecule has 0 unspecified atom stereocenters. The summed E-state index contributed by atoms with van der Waals surface area (Å²) in [6, 6.07) is 12.7. The fraction of sp³-hybridized carbons (Fsp3) is 0.0667. The van der Waals surface area contributed by atoms with Crippen LogP contribution in [-0.4, -0.2) is 9.97 Å². The number of hydrogen-bond donors (Lipinski definition) is 1. The molecule has 4 heteroatoms. The molecule has 1 heterocycles. The van der Waals surface area contributed by atoms with Crippen molar-refractivity contribution in [3.8, 4) is 0 Å². The highest BCUT2D eigenvalue weighted by Crippen LogP contribution is 2.25. The molecule has 0 radical (unpaired) electrons. The van der Waals surface area contributed by atoms with E-state index >= 15 is 0 Å². The normalized spacial score (nSPS) is 10.6. The van der Waals surface area contributed by atoms with Crippen molar-refractivity contribution in [2.24, 2.45) is 0 Å². The van der Waals surface area contributed by atoms with Gasteiger partial charge in [-0.3, -0.25) is 0 Å². The molecule has 0 saturated heterocycles. The fourth-order valence-corrected chi connectivity index (χ4v) is 1.99. The molecule has 1 aromatic heterocycles. The van der Waals surface area contributed by atoms with Crippen molar-refractivity contribution in [3.63, 3.8) is 0 Å². The van der Waals surface area contributed by atoms with Crippen LogP contribution in [-0.2, 0) is 0 Å². The van der Waals surface area contributed by atoms with Gasteiger partial charge in [-0.25, -0.2) is 14.4 Å². The minimum absolute atomic E-state index is 0.327. The second kappa shape index (κ2) is 4.65. The van der Waals surface area contributed by atoms with Gasteiger partial charge in [-0.2, -0.15) is 0 Å². The molecule has 94 valence electrons. The zero-order valence-corrected chi connectivity index (χ0v) is 10.4. The van der Waals surface area contributed by atoms with Crippen LogP contribution >= 0.6 is 0 Å². The minimum atomic E-state index is -0.340. The van der Waals surface area contributed by atoms with E-state index in [1.54, 1.807) is 12.1 Å². The molecular weight excluding hydrogens is 241 g/mol. The van der Waals surface area contributed by atoms with Crippen LogP contribution in [0.4, 0.5) is 15.9 Å². The van der Waals surface area contributed by atoms with Crippen molar-refractivity contribution >= 4 is 22.4 Å². The van der Waals surface area contributed by atoms with E-state index in [0.717, 1.165) is 11.3 Å². The third kappa shape index (κ3) is 2.12. The van der Waals surface area contributed by atoms with Gasteiger partial charge >= 0.3 is 0 Å². The molecule has 3 nitrogen and oxygen atoms in total. The van der Waals surface area contributed by atoms with Gasteiger partial charge in [-0.05, 0) is 30.7 Å². The number of halogens is 1. The monoisotopic (exact) mass is 253 g/mol. The Balaban J connectivity index is 2.12. The Bertz CT molecular complexity index is 740. The van der Waals surface area contributed by atoms with Gasteiger partial charge in [-0.15, -0.1) is 0 Å². The van der Waals surface area contributed by atoms with Crippen LogP contribution < -0.4 is 5.32 Å². The zero-order valence-electron chi connectivity index (χ0n) is 10.4. The summed E-state index contributed by atoms with van der Waals surface area (Å²) in [5.41, 5.74) is 2.38. The number of hydrogen-bond acceptors (Lipinski definition) is 3. The topological polar surface area (TPSA) is 37.8 Å². The van der Waals surface area contributed by atoms with Crippen LogP contribution in [0.1, 0.15) is 5.56 Å². The summed E-state index contributed by atoms with van der Waals surface area (Å²) in [6.45, 7) is 2.01. The maximum atomic E-state index is 13.7. The molecule has 0 fully saturated rings. The first kappa shape index (κ1) is 11.6. The predicted molar refractivity (Wildman–Crippen MR) is 74.0 cm³/mol. The lowest BCUT2D eigenvalue weighted by Crippen LogP contribution is -1.98. The van der Waals surface area contributed by atoms with Gasteiger partial charge in [0.1, 0.15) is 23.5 Å². The van der Waals surface area contributed by atoms with E-state index in [4.69, 9.17) is 0 Å². The summed E-state index contributed by atoms with van der Waals surface area (Å²) in [5, 5.41) is 3.90. The van der Waals surface area contributed by atoms with E-state index in [2.05, 4.69) is 15.3 Å². The van der Waals surface area contributed by atoms with Crippen LogP contribution in [0.25, 0.3) is 10.9 Å². The molecule has 0 amide bonds. The van der Waals surface area contributed by atoms with Crippen molar-refractivity contribution in [1.29, 1.82) is 0 Å². The molecule has 2 aromatic carbocycles. The number of para-hydroxylation sites is 2. The van der Waals surface area contributed by atoms with Gasteiger partial charge in [-0.1, -0.05) is 24.3 Å². The largest absolute Gasteiger partial charge is 0.339 e. The number of anilines is 2. The van der Waals surface area contributed by atoms with Crippen molar-refractivity contribution in [1.82, 2.24) is 9.97 Å². The molecule has 1 N–H and O–H groups in total. The van der Waals surface area contributed by atoms with Crippen molar-refractivity contribution in [2.45, 2.75) is 6.92 Å². The van der Waals surface area contributed by atoms with Crippen LogP contribution in [0.3, 0.4) is 0 Å². The third-order valence-corrected chi connectivity index (χ3v) is 3.01. The second-order valence-electron chi connectivity index (χ2n) is 4.30. The molecule has 3 rings (SSSR count). The van der Waals surface area contributed by atoms with Crippen molar-refractivity contribution in [2.75, 3.05) is 5.32 Å². The second-order valence-corrected chi connectivity index (χ2v) is 4.30. The summed E-state index contributed by atoms with van der Waals surface area (Å²) in [6.07, 6.45) is 1.37. The molecule has 0 spiro atoms. The highest BCUT2D eigenvalue weighted by molar-refractivity contribution is 5.91. The van der Waals surface area contributed by atoms with Crippen LogP contribution in [0, 0.1) is 12.7 Å². The molecule has 0 aliphatic rings. The molecular formula is C15H12FN3. The average molecular weight is 253 g/mol. The first-order valence-electron chi connectivity index (χ1n) is 5.97. The molecule has 0 aliphatic heterocycles. The summed E-state index contributed by atoms with van der Waals surface area (Å²) < 4.78 is 13.7. The van der Waals surface area contributed by atoms with Crippen molar-refractivity contribution in [3.05, 3.63) is 60.2 Å². The van der Waals surface area contributed by atoms with Crippen LogP contribution in [0.2, 0.25) is 0 Å². The highest BCUT2D eigenvalue weighted by Gasteiger charge is 2.08. The quantitative estimate of drug-likeness (QED) is 0.754. The lowest BCUT2D eigenvalue weighted by Gasteiger charge is -2.10. The lowest BCUT2D eigenvalue weighted by molar-refractivity contribution is 0.636. The van der Waals surface area contributed by atoms with Gasteiger partial charge in [0.05, 0.1) is 0 Å². The van der Waals surface area contributed by atoms with Crippen LogP contribution in [0.5, 0.6) is 0 Å². The number of rotatable bonds is 2. The van der Waals surface area contributed by atoms with E-state index in [-0.39, 0.29) is 5.82 Å². The Kier molecular flexibility index (Phi) is 2.83. The Morgan fingerprint density at radius 2 is 1.84 bits per heavy atom. The smallest absolute Gasteiger partial charge is 0.149 e. The molecule has 0 bridgehead atoms. The van der Waals surface area contributed by atoms with Gasteiger partial charge in [0.2, 0.25) is 0 Å². The number of aryl methyl sites for hydroxylation is 1. The van der Waals surface area contributed by atoms with Crippen LogP contribution in [0.15, 0.2) is 48.8 Å². The standard InChI is InChI=1S/C15H12FN3/c1-10-5-2-3-8-13(10)19-15-11-6-4-7-12(16)14(11)17-9-18-15/h2-9H,1H3,(H,17,18,19). The predicted octanol–water partition coefficient (Wildman–Crippen LogP) is 3.82. The lowest BCUT2D eigenvalue weighted by atomic mass is 10.2. The van der Waals surface area contributed by atoms with Gasteiger partial charge < -0.3 is 5.32 Å². The average Bonchev–Trinajstić information content (AvgIpc) is 2.42. The number of aromatic nitrogens is 2. The SMILES string of the molecule is Cc1ccccc1Nc1ncnc2c(F)cccc12. The summed E-state index contributed by atoms with van der Waals surface area (Å²) in [4.78, 5) is 8.17. The van der Waals surface area contributed by atoms with Crippen molar-refractivity contribution < 1.29 is 4.39 Å². The van der Waals surface area contributed by atoms with E-state index in [9.17, 15) is 4.39 Å². The van der Waals surface area contributed by atoms with E-state index in [0.29, 0.717) is 16.7 Å². The number of fused-ring (bicyclic) bond motifs is 1. The Labute approximate surface area is 110 Å². The molecule has 0 atom stereocenters. The Hall–Kier alpha value is -2.49. The molecule has 0 aliphatic carbocycles. The molecule has 3 aromatic rings. The summed E-state index contributed by atoms with van der Waals surface area (Å²) in [5.74, 6) is 0.270. The first-order chi connectivity index (χ1) is 9.25. The number of nitrogens with one attached hydrogen (secondary N) is 1. The fourth-order valence-electron chi connectivity index (χ4n) is 1.99. The van der Waals surface area contributed by atoms with E-state index in [1.807, 2.05) is 31.2 Å². The maximum absolute atomic E-state index is 13.7. The van der Waals surface area contributed by atoms with Gasteiger partial charge in [0.15, 0.2) is 0 Å². The minimum Gasteiger partial charge on any atom is -0.339 e. The van der Waals surface area contributed by atoms with Gasteiger partial charge in [0.25, 0.3) is 0 Å². The number of nitrogens with zero attached hydrogens (tertiary/aromatic N) is 2. The maximum Gasteiger partial charge on any atom is 0.149 e. The highest BCUT2D eigenvalue weighted by atomic mass is 19.1. The summed E-state index contributed by atoms with van der Waals surface area (Å²) in [7, 11) is 0. The van der Waals surface area contributed by atoms with E-state index in [1.165, 1.54) is 12.4 Å². The van der Waals surface area contributed by atoms with Gasteiger partial charge in [0, 0.05) is 11.1 Å². The Morgan fingerprint density at radius 3 is 2.68 bits per heavy atom. The third-order valence-electron chi connectivity index (χ3n) is 3.01. The summed E-state index contributed by atoms with van der Waals surface area (Å²) >= 11 is 0. The number of benzene rings is 2.